The number of carbonyl (C=O) groups is 1. The zero-order chi connectivity index (χ0) is 15.2. The van der Waals surface area contributed by atoms with Crippen molar-refractivity contribution in [3.63, 3.8) is 0 Å². The minimum absolute atomic E-state index is 0.189. The van der Waals surface area contributed by atoms with Gasteiger partial charge in [0.05, 0.1) is 16.1 Å². The lowest BCUT2D eigenvalue weighted by atomic mass is 10.1. The SMILES string of the molecule is CCCCCCNC(=O)c1c(Cl)cccc1C(F)(F)F. The van der Waals surface area contributed by atoms with Crippen LogP contribution in [0.1, 0.15) is 48.5 Å². The Morgan fingerprint density at radius 3 is 2.55 bits per heavy atom. The third-order valence-corrected chi connectivity index (χ3v) is 3.18. The highest BCUT2D eigenvalue weighted by molar-refractivity contribution is 6.34. The number of amides is 1. The Labute approximate surface area is 121 Å². The normalized spacial score (nSPS) is 11.4. The Bertz CT molecular complexity index is 460. The molecule has 2 nitrogen and oxygen atoms in total. The second-order valence-electron chi connectivity index (χ2n) is 4.48. The van der Waals surface area contributed by atoms with Crippen molar-refractivity contribution in [3.05, 3.63) is 34.3 Å². The number of carbonyl (C=O) groups excluding carboxylic acids is 1. The predicted molar refractivity (Wildman–Crippen MR) is 72.9 cm³/mol. The van der Waals surface area contributed by atoms with Gasteiger partial charge >= 0.3 is 6.18 Å². The van der Waals surface area contributed by atoms with E-state index >= 15 is 0 Å². The van der Waals surface area contributed by atoms with Gasteiger partial charge in [-0.2, -0.15) is 13.2 Å². The second-order valence-corrected chi connectivity index (χ2v) is 4.88. The molecule has 1 rings (SSSR count). The fourth-order valence-electron chi connectivity index (χ4n) is 1.83. The summed E-state index contributed by atoms with van der Waals surface area (Å²) in [7, 11) is 0. The third-order valence-electron chi connectivity index (χ3n) is 2.86. The molecule has 0 saturated carbocycles. The van der Waals surface area contributed by atoms with Crippen molar-refractivity contribution in [3.8, 4) is 0 Å². The summed E-state index contributed by atoms with van der Waals surface area (Å²) in [5, 5.41) is 2.30. The van der Waals surface area contributed by atoms with Gasteiger partial charge in [0.15, 0.2) is 0 Å². The molecule has 0 atom stereocenters. The molecule has 0 spiro atoms. The lowest BCUT2D eigenvalue weighted by Crippen LogP contribution is -2.27. The third kappa shape index (κ3) is 4.71. The Kier molecular flexibility index (Phi) is 6.33. The van der Waals surface area contributed by atoms with E-state index in [0.29, 0.717) is 6.54 Å². The molecule has 0 saturated heterocycles. The Morgan fingerprint density at radius 1 is 1.25 bits per heavy atom. The van der Waals surface area contributed by atoms with Gasteiger partial charge in [-0.25, -0.2) is 0 Å². The molecule has 1 N–H and O–H groups in total. The van der Waals surface area contributed by atoms with Crippen molar-refractivity contribution in [2.24, 2.45) is 0 Å². The summed E-state index contributed by atoms with van der Waals surface area (Å²) in [4.78, 5) is 11.9. The maximum Gasteiger partial charge on any atom is 0.417 e. The molecule has 1 amide bonds. The van der Waals surface area contributed by atoms with Crippen LogP contribution in [0.5, 0.6) is 0 Å². The van der Waals surface area contributed by atoms with Crippen LogP contribution in [0.4, 0.5) is 13.2 Å². The molecule has 0 aromatic heterocycles. The topological polar surface area (TPSA) is 29.1 Å². The number of nitrogens with one attached hydrogen (secondary N) is 1. The summed E-state index contributed by atoms with van der Waals surface area (Å²) in [5.74, 6) is -0.778. The molecule has 0 aliphatic rings. The van der Waals surface area contributed by atoms with Crippen molar-refractivity contribution < 1.29 is 18.0 Å². The molecule has 0 bridgehead atoms. The van der Waals surface area contributed by atoms with E-state index in [-0.39, 0.29) is 5.02 Å². The second kappa shape index (κ2) is 7.53. The molecule has 20 heavy (non-hydrogen) atoms. The van der Waals surface area contributed by atoms with Crippen LogP contribution >= 0.6 is 11.6 Å². The highest BCUT2D eigenvalue weighted by atomic mass is 35.5. The van der Waals surface area contributed by atoms with Crippen molar-refractivity contribution in [1.82, 2.24) is 5.32 Å². The molecule has 0 aliphatic carbocycles. The largest absolute Gasteiger partial charge is 0.417 e. The summed E-state index contributed by atoms with van der Waals surface area (Å²) >= 11 is 5.73. The van der Waals surface area contributed by atoms with Crippen LogP contribution < -0.4 is 5.32 Å². The van der Waals surface area contributed by atoms with E-state index in [1.807, 2.05) is 0 Å². The Morgan fingerprint density at radius 2 is 1.95 bits per heavy atom. The summed E-state index contributed by atoms with van der Waals surface area (Å²) in [5.41, 5.74) is -1.51. The first-order chi connectivity index (χ1) is 9.38. The molecule has 1 aromatic rings. The van der Waals surface area contributed by atoms with Gasteiger partial charge in [-0.3, -0.25) is 4.79 Å². The van der Waals surface area contributed by atoms with Crippen molar-refractivity contribution in [2.75, 3.05) is 6.54 Å². The first-order valence-corrected chi connectivity index (χ1v) is 6.89. The number of hydrogen-bond acceptors (Lipinski definition) is 1. The van der Waals surface area contributed by atoms with Gasteiger partial charge in [0, 0.05) is 6.54 Å². The molecule has 0 unspecified atom stereocenters. The molecule has 0 radical (unpaired) electrons. The van der Waals surface area contributed by atoms with Gasteiger partial charge in [-0.05, 0) is 18.6 Å². The highest BCUT2D eigenvalue weighted by Crippen LogP contribution is 2.34. The van der Waals surface area contributed by atoms with E-state index in [1.165, 1.54) is 12.1 Å². The smallest absolute Gasteiger partial charge is 0.352 e. The summed E-state index contributed by atoms with van der Waals surface area (Å²) in [6, 6.07) is 3.32. The maximum atomic E-state index is 12.8. The van der Waals surface area contributed by atoms with Gasteiger partial charge in [0.2, 0.25) is 0 Å². The molecule has 112 valence electrons. The van der Waals surface area contributed by atoms with Crippen LogP contribution in [0.15, 0.2) is 18.2 Å². The van der Waals surface area contributed by atoms with Crippen LogP contribution in [-0.4, -0.2) is 12.5 Å². The van der Waals surface area contributed by atoms with Gasteiger partial charge in [-0.15, -0.1) is 0 Å². The average molecular weight is 308 g/mol. The van der Waals surface area contributed by atoms with Gasteiger partial charge < -0.3 is 5.32 Å². The van der Waals surface area contributed by atoms with Gasteiger partial charge in [0.1, 0.15) is 0 Å². The van der Waals surface area contributed by atoms with E-state index in [9.17, 15) is 18.0 Å². The van der Waals surface area contributed by atoms with Crippen molar-refractivity contribution >= 4 is 17.5 Å². The molecule has 0 heterocycles. The standard InChI is InChI=1S/C14H17ClF3NO/c1-2-3-4-5-9-19-13(20)12-10(14(16,17)18)7-6-8-11(12)15/h6-8H,2-5,9H2,1H3,(H,19,20). The Hall–Kier alpha value is -1.23. The fraction of sp³-hybridized carbons (Fsp3) is 0.500. The fourth-order valence-corrected chi connectivity index (χ4v) is 2.09. The first-order valence-electron chi connectivity index (χ1n) is 6.51. The lowest BCUT2D eigenvalue weighted by Gasteiger charge is -2.14. The zero-order valence-electron chi connectivity index (χ0n) is 11.2. The van der Waals surface area contributed by atoms with Gasteiger partial charge in [-0.1, -0.05) is 43.9 Å². The van der Waals surface area contributed by atoms with Crippen LogP contribution in [0.3, 0.4) is 0 Å². The van der Waals surface area contributed by atoms with Crippen LogP contribution in [0.2, 0.25) is 5.02 Å². The lowest BCUT2D eigenvalue weighted by molar-refractivity contribution is -0.137. The number of unbranched alkanes of at least 4 members (excludes halogenated alkanes) is 3. The first kappa shape index (κ1) is 16.8. The summed E-state index contributed by atoms with van der Waals surface area (Å²) in [6.07, 6.45) is -0.830. The van der Waals surface area contributed by atoms with E-state index < -0.39 is 23.2 Å². The quantitative estimate of drug-likeness (QED) is 0.760. The van der Waals surface area contributed by atoms with E-state index in [1.54, 1.807) is 0 Å². The van der Waals surface area contributed by atoms with Crippen molar-refractivity contribution in [1.29, 1.82) is 0 Å². The molecular weight excluding hydrogens is 291 g/mol. The molecule has 0 aliphatic heterocycles. The van der Waals surface area contributed by atoms with Crippen LogP contribution in [-0.2, 0) is 6.18 Å². The molecule has 0 fully saturated rings. The van der Waals surface area contributed by atoms with Crippen molar-refractivity contribution in [2.45, 2.75) is 38.8 Å². The highest BCUT2D eigenvalue weighted by Gasteiger charge is 2.36. The number of alkyl halides is 3. The maximum absolute atomic E-state index is 12.8. The molecular formula is C14H17ClF3NO. The minimum Gasteiger partial charge on any atom is -0.352 e. The van der Waals surface area contributed by atoms with E-state index in [0.717, 1.165) is 31.7 Å². The van der Waals surface area contributed by atoms with Crippen LogP contribution in [0.25, 0.3) is 0 Å². The predicted octanol–water partition coefficient (Wildman–Crippen LogP) is 4.67. The van der Waals surface area contributed by atoms with Crippen LogP contribution in [0, 0.1) is 0 Å². The number of benzene rings is 1. The molecule has 1 aromatic carbocycles. The van der Waals surface area contributed by atoms with E-state index in [2.05, 4.69) is 12.2 Å². The summed E-state index contributed by atoms with van der Waals surface area (Å²) < 4.78 is 38.5. The summed E-state index contributed by atoms with van der Waals surface area (Å²) in [6.45, 7) is 2.40. The number of hydrogen-bond donors (Lipinski definition) is 1. The monoisotopic (exact) mass is 307 g/mol. The minimum atomic E-state index is -4.60. The number of rotatable bonds is 6. The number of halogens is 4. The zero-order valence-corrected chi connectivity index (χ0v) is 11.9. The molecule has 6 heteroatoms. The average Bonchev–Trinajstić information content (AvgIpc) is 2.37. The Balaban J connectivity index is 2.77. The van der Waals surface area contributed by atoms with Gasteiger partial charge in [0.25, 0.3) is 5.91 Å². The van der Waals surface area contributed by atoms with E-state index in [4.69, 9.17) is 11.6 Å².